The molecule has 27 heavy (non-hydrogen) atoms. The second-order valence-corrected chi connectivity index (χ2v) is 6.92. The number of nitrogens with one attached hydrogen (secondary N) is 1. The molecule has 4 heterocycles. The lowest BCUT2D eigenvalue weighted by molar-refractivity contribution is 0.0946. The van der Waals surface area contributed by atoms with Gasteiger partial charge in [-0.2, -0.15) is 0 Å². The molecule has 0 radical (unpaired) electrons. The maximum absolute atomic E-state index is 12.2. The minimum Gasteiger partial charge on any atom is -0.353 e. The summed E-state index contributed by atoms with van der Waals surface area (Å²) in [5.74, 6) is 1.77. The first-order chi connectivity index (χ1) is 13.3. The second kappa shape index (κ2) is 8.13. The van der Waals surface area contributed by atoms with Crippen LogP contribution in [0.1, 0.15) is 16.1 Å². The Labute approximate surface area is 161 Å². The minimum atomic E-state index is -0.161. The van der Waals surface area contributed by atoms with E-state index in [0.29, 0.717) is 12.2 Å². The fraction of sp³-hybridized carbons (Fsp3) is 0.263. The van der Waals surface area contributed by atoms with E-state index in [1.807, 2.05) is 36.5 Å². The molecule has 0 saturated carbocycles. The van der Waals surface area contributed by atoms with Gasteiger partial charge in [0.1, 0.15) is 17.3 Å². The molecule has 4 rings (SSSR count). The van der Waals surface area contributed by atoms with Gasteiger partial charge in [0.05, 0.1) is 5.51 Å². The van der Waals surface area contributed by atoms with Crippen molar-refractivity contribution in [3.8, 4) is 0 Å². The molecule has 7 nitrogen and oxygen atoms in total. The first kappa shape index (κ1) is 17.4. The molecule has 0 aliphatic carbocycles. The molecule has 8 heteroatoms. The number of amides is 1. The standard InChI is InChI=1S/C19H20N6OS/c26-19(16-13-27-14-23-16)22-12-15-4-3-7-21-18(15)25-10-8-24(9-11-25)17-5-1-2-6-20-17/h1-7,13-14H,8-12H2,(H,22,26). The minimum absolute atomic E-state index is 0.161. The molecule has 138 valence electrons. The van der Waals surface area contributed by atoms with Crippen LogP contribution < -0.4 is 15.1 Å². The van der Waals surface area contributed by atoms with Gasteiger partial charge in [-0.1, -0.05) is 12.1 Å². The van der Waals surface area contributed by atoms with Crippen molar-refractivity contribution in [2.24, 2.45) is 0 Å². The van der Waals surface area contributed by atoms with Gasteiger partial charge in [-0.05, 0) is 18.2 Å². The normalized spacial score (nSPS) is 14.2. The van der Waals surface area contributed by atoms with Crippen LogP contribution in [0.15, 0.2) is 53.6 Å². The molecule has 0 bridgehead atoms. The van der Waals surface area contributed by atoms with Crippen molar-refractivity contribution >= 4 is 28.9 Å². The van der Waals surface area contributed by atoms with E-state index in [9.17, 15) is 4.79 Å². The fourth-order valence-corrected chi connectivity index (χ4v) is 3.66. The quantitative estimate of drug-likeness (QED) is 0.731. The summed E-state index contributed by atoms with van der Waals surface area (Å²) < 4.78 is 0. The van der Waals surface area contributed by atoms with Gasteiger partial charge in [0, 0.05) is 56.1 Å². The summed E-state index contributed by atoms with van der Waals surface area (Å²) in [6.07, 6.45) is 3.62. The Morgan fingerprint density at radius 1 is 1.00 bits per heavy atom. The van der Waals surface area contributed by atoms with Crippen molar-refractivity contribution < 1.29 is 4.79 Å². The van der Waals surface area contributed by atoms with E-state index in [-0.39, 0.29) is 5.91 Å². The van der Waals surface area contributed by atoms with Gasteiger partial charge in [-0.3, -0.25) is 4.79 Å². The van der Waals surface area contributed by atoms with Crippen molar-refractivity contribution in [2.75, 3.05) is 36.0 Å². The molecular formula is C19H20N6OS. The highest BCUT2D eigenvalue weighted by Crippen LogP contribution is 2.21. The lowest BCUT2D eigenvalue weighted by Gasteiger charge is -2.36. The SMILES string of the molecule is O=C(NCc1cccnc1N1CCN(c2ccccn2)CC1)c1cscn1. The molecule has 3 aromatic heterocycles. The van der Waals surface area contributed by atoms with Crippen LogP contribution in [0.4, 0.5) is 11.6 Å². The number of piperazine rings is 1. The Morgan fingerprint density at radius 2 is 1.81 bits per heavy atom. The third-order valence-corrected chi connectivity index (χ3v) is 5.11. The number of hydrogen-bond donors (Lipinski definition) is 1. The molecule has 1 aliphatic heterocycles. The molecule has 1 aliphatic rings. The summed E-state index contributed by atoms with van der Waals surface area (Å²) in [6.45, 7) is 3.93. The molecular weight excluding hydrogens is 360 g/mol. The van der Waals surface area contributed by atoms with Gasteiger partial charge < -0.3 is 15.1 Å². The Kier molecular flexibility index (Phi) is 5.24. The van der Waals surface area contributed by atoms with Crippen molar-refractivity contribution in [1.29, 1.82) is 0 Å². The van der Waals surface area contributed by atoms with E-state index in [0.717, 1.165) is 43.4 Å². The second-order valence-electron chi connectivity index (χ2n) is 6.20. The first-order valence-electron chi connectivity index (χ1n) is 8.82. The van der Waals surface area contributed by atoms with Crippen molar-refractivity contribution in [3.05, 3.63) is 64.9 Å². The predicted molar refractivity (Wildman–Crippen MR) is 106 cm³/mol. The smallest absolute Gasteiger partial charge is 0.271 e. The van der Waals surface area contributed by atoms with Crippen molar-refractivity contribution in [1.82, 2.24) is 20.3 Å². The molecule has 0 aromatic carbocycles. The number of pyridine rings is 2. The highest BCUT2D eigenvalue weighted by atomic mass is 32.1. The van der Waals surface area contributed by atoms with Crippen LogP contribution in [0.5, 0.6) is 0 Å². The Bertz CT molecular complexity index is 878. The summed E-state index contributed by atoms with van der Waals surface area (Å²) in [4.78, 5) is 29.7. The van der Waals surface area contributed by atoms with E-state index in [2.05, 4.69) is 30.1 Å². The van der Waals surface area contributed by atoms with Gasteiger partial charge in [-0.25, -0.2) is 15.0 Å². The molecule has 0 spiro atoms. The zero-order valence-corrected chi connectivity index (χ0v) is 15.6. The number of carbonyl (C=O) groups is 1. The third kappa shape index (κ3) is 4.06. The van der Waals surface area contributed by atoms with Crippen LogP contribution in [-0.2, 0) is 6.54 Å². The number of thiazole rings is 1. The van der Waals surface area contributed by atoms with Crippen LogP contribution in [-0.4, -0.2) is 47.0 Å². The van der Waals surface area contributed by atoms with Crippen LogP contribution in [0.3, 0.4) is 0 Å². The van der Waals surface area contributed by atoms with Crippen LogP contribution in [0.25, 0.3) is 0 Å². The number of nitrogens with zero attached hydrogens (tertiary/aromatic N) is 5. The lowest BCUT2D eigenvalue weighted by Crippen LogP contribution is -2.47. The number of anilines is 2. The molecule has 1 N–H and O–H groups in total. The maximum Gasteiger partial charge on any atom is 0.271 e. The van der Waals surface area contributed by atoms with Gasteiger partial charge in [-0.15, -0.1) is 11.3 Å². The maximum atomic E-state index is 12.2. The number of aromatic nitrogens is 3. The number of carbonyl (C=O) groups excluding carboxylic acids is 1. The van der Waals surface area contributed by atoms with Crippen LogP contribution >= 0.6 is 11.3 Å². The fourth-order valence-electron chi connectivity index (χ4n) is 3.13. The highest BCUT2D eigenvalue weighted by molar-refractivity contribution is 7.07. The highest BCUT2D eigenvalue weighted by Gasteiger charge is 2.21. The molecule has 0 unspecified atom stereocenters. The van der Waals surface area contributed by atoms with Crippen LogP contribution in [0, 0.1) is 0 Å². The lowest BCUT2D eigenvalue weighted by atomic mass is 10.2. The zero-order chi connectivity index (χ0) is 18.5. The summed E-state index contributed by atoms with van der Waals surface area (Å²) in [7, 11) is 0. The van der Waals surface area contributed by atoms with E-state index in [1.54, 1.807) is 17.1 Å². The monoisotopic (exact) mass is 380 g/mol. The first-order valence-corrected chi connectivity index (χ1v) is 9.77. The predicted octanol–water partition coefficient (Wildman–Crippen LogP) is 2.19. The average molecular weight is 380 g/mol. The summed E-state index contributed by atoms with van der Waals surface area (Å²) >= 11 is 1.41. The number of hydrogen-bond acceptors (Lipinski definition) is 7. The summed E-state index contributed by atoms with van der Waals surface area (Å²) in [6, 6.07) is 9.89. The van der Waals surface area contributed by atoms with Gasteiger partial charge in [0.15, 0.2) is 0 Å². The van der Waals surface area contributed by atoms with E-state index < -0.39 is 0 Å². The van der Waals surface area contributed by atoms with E-state index in [1.165, 1.54) is 11.3 Å². The number of rotatable bonds is 5. The molecule has 1 amide bonds. The molecule has 3 aromatic rings. The average Bonchev–Trinajstić information content (AvgIpc) is 3.28. The van der Waals surface area contributed by atoms with Gasteiger partial charge >= 0.3 is 0 Å². The Balaban J connectivity index is 1.40. The Hall–Kier alpha value is -3.00. The molecule has 1 fully saturated rings. The van der Waals surface area contributed by atoms with Gasteiger partial charge in [0.25, 0.3) is 5.91 Å². The largest absolute Gasteiger partial charge is 0.353 e. The van der Waals surface area contributed by atoms with Crippen molar-refractivity contribution in [2.45, 2.75) is 6.54 Å². The Morgan fingerprint density at radius 3 is 2.56 bits per heavy atom. The molecule has 1 saturated heterocycles. The summed E-state index contributed by atoms with van der Waals surface area (Å²) in [5, 5.41) is 4.68. The summed E-state index contributed by atoms with van der Waals surface area (Å²) in [5.41, 5.74) is 3.12. The van der Waals surface area contributed by atoms with E-state index in [4.69, 9.17) is 0 Å². The van der Waals surface area contributed by atoms with E-state index >= 15 is 0 Å². The zero-order valence-electron chi connectivity index (χ0n) is 14.8. The van der Waals surface area contributed by atoms with Gasteiger partial charge in [0.2, 0.25) is 0 Å². The molecule has 0 atom stereocenters. The van der Waals surface area contributed by atoms with Crippen LogP contribution in [0.2, 0.25) is 0 Å². The van der Waals surface area contributed by atoms with Crippen molar-refractivity contribution in [3.63, 3.8) is 0 Å². The third-order valence-electron chi connectivity index (χ3n) is 4.52. The topological polar surface area (TPSA) is 74.2 Å².